The Hall–Kier alpha value is -2.13. The molecule has 2 aromatic rings. The highest BCUT2D eigenvalue weighted by Crippen LogP contribution is 2.41. The molecule has 0 saturated heterocycles. The molecule has 1 N–H and O–H groups in total. The minimum atomic E-state index is -0.775. The maximum Gasteiger partial charge on any atom is 0.338 e. The van der Waals surface area contributed by atoms with Crippen LogP contribution in [0.3, 0.4) is 0 Å². The van der Waals surface area contributed by atoms with Crippen molar-refractivity contribution < 1.29 is 14.6 Å². The van der Waals surface area contributed by atoms with Gasteiger partial charge in [0.05, 0.1) is 18.3 Å². The van der Waals surface area contributed by atoms with Gasteiger partial charge in [-0.1, -0.05) is 58.0 Å². The lowest BCUT2D eigenvalue weighted by molar-refractivity contribution is 0.0277. The van der Waals surface area contributed by atoms with E-state index in [0.29, 0.717) is 18.4 Å². The van der Waals surface area contributed by atoms with E-state index >= 15 is 0 Å². The fourth-order valence-corrected chi connectivity index (χ4v) is 4.65. The highest BCUT2D eigenvalue weighted by Gasteiger charge is 2.33. The third kappa shape index (κ3) is 4.11. The lowest BCUT2D eigenvalue weighted by atomic mass is 9.69. The molecule has 0 amide bonds. The summed E-state index contributed by atoms with van der Waals surface area (Å²) in [5, 5.41) is 11.0. The molecule has 0 aliphatic rings. The van der Waals surface area contributed by atoms with Crippen LogP contribution in [0.2, 0.25) is 0 Å². The van der Waals surface area contributed by atoms with Gasteiger partial charge in [-0.05, 0) is 73.4 Å². The quantitative estimate of drug-likeness (QED) is 0.540. The molecule has 0 fully saturated rings. The van der Waals surface area contributed by atoms with Crippen LogP contribution in [0.15, 0.2) is 36.4 Å². The van der Waals surface area contributed by atoms with Crippen molar-refractivity contribution in [1.82, 2.24) is 0 Å². The summed E-state index contributed by atoms with van der Waals surface area (Å²) in [6.07, 6.45) is 3.30. The second kappa shape index (κ2) is 9.13. The summed E-state index contributed by atoms with van der Waals surface area (Å²) in [5.41, 5.74) is 5.24. The molecule has 0 bridgehead atoms. The largest absolute Gasteiger partial charge is 0.465 e. The Morgan fingerprint density at radius 2 is 1.38 bits per heavy atom. The Morgan fingerprint density at radius 3 is 1.79 bits per heavy atom. The Labute approximate surface area is 176 Å². The van der Waals surface area contributed by atoms with Gasteiger partial charge in [-0.3, -0.25) is 0 Å². The van der Waals surface area contributed by atoms with Crippen molar-refractivity contribution in [3.8, 4) is 0 Å². The van der Waals surface area contributed by atoms with Gasteiger partial charge in [0.2, 0.25) is 0 Å². The van der Waals surface area contributed by atoms with Crippen LogP contribution in [0.1, 0.15) is 91.6 Å². The molecule has 0 atom stereocenters. The van der Waals surface area contributed by atoms with Crippen LogP contribution in [0.25, 0.3) is 0 Å². The average molecular weight is 397 g/mol. The number of carbonyl (C=O) groups is 1. The van der Waals surface area contributed by atoms with Gasteiger partial charge in [0.15, 0.2) is 0 Å². The molecule has 0 aromatic heterocycles. The third-order valence-corrected chi connectivity index (χ3v) is 6.84. The van der Waals surface area contributed by atoms with E-state index in [1.54, 1.807) is 0 Å². The average Bonchev–Trinajstić information content (AvgIpc) is 2.74. The molecule has 0 radical (unpaired) electrons. The molecule has 0 unspecified atom stereocenters. The van der Waals surface area contributed by atoms with E-state index in [-0.39, 0.29) is 11.4 Å². The van der Waals surface area contributed by atoms with Crippen molar-refractivity contribution in [1.29, 1.82) is 0 Å². The Morgan fingerprint density at radius 1 is 0.862 bits per heavy atom. The standard InChI is InChI=1S/C26H36O3/c1-8-25(9-2,20-12-14-22(18(5)16-20)24(27)29-7)21-13-15-23(19(6)17-21)26(28,10-3)11-4/h12-17,28H,8-11H2,1-7H3. The maximum absolute atomic E-state index is 12.0. The van der Waals surface area contributed by atoms with E-state index in [4.69, 9.17) is 4.74 Å². The molecule has 2 aromatic carbocycles. The molecule has 3 heteroatoms. The number of rotatable bonds is 8. The third-order valence-electron chi connectivity index (χ3n) is 6.84. The SMILES string of the molecule is CCC(O)(CC)c1ccc(C(CC)(CC)c2ccc(C(=O)OC)c(C)c2)cc1C. The second-order valence-electron chi connectivity index (χ2n) is 8.08. The summed E-state index contributed by atoms with van der Waals surface area (Å²) in [7, 11) is 1.41. The van der Waals surface area contributed by atoms with Gasteiger partial charge >= 0.3 is 5.97 Å². The van der Waals surface area contributed by atoms with Crippen molar-refractivity contribution in [2.75, 3.05) is 7.11 Å². The zero-order valence-electron chi connectivity index (χ0n) is 19.1. The van der Waals surface area contributed by atoms with Gasteiger partial charge in [0, 0.05) is 5.41 Å². The molecule has 0 aliphatic heterocycles. The van der Waals surface area contributed by atoms with Crippen LogP contribution in [-0.4, -0.2) is 18.2 Å². The smallest absolute Gasteiger partial charge is 0.338 e. The first-order chi connectivity index (χ1) is 13.7. The Kier molecular flexibility index (Phi) is 7.29. The van der Waals surface area contributed by atoms with E-state index in [0.717, 1.165) is 29.5 Å². The first-order valence-electron chi connectivity index (χ1n) is 10.8. The van der Waals surface area contributed by atoms with Crippen LogP contribution >= 0.6 is 0 Å². The Balaban J connectivity index is 2.60. The van der Waals surface area contributed by atoms with Crippen LogP contribution in [-0.2, 0) is 15.8 Å². The number of esters is 1. The molecular weight excluding hydrogens is 360 g/mol. The predicted molar refractivity (Wildman–Crippen MR) is 120 cm³/mol. The van der Waals surface area contributed by atoms with Crippen molar-refractivity contribution in [2.45, 2.75) is 78.2 Å². The summed E-state index contributed by atoms with van der Waals surface area (Å²) >= 11 is 0. The van der Waals surface area contributed by atoms with Gasteiger partial charge in [-0.25, -0.2) is 4.79 Å². The summed E-state index contributed by atoms with van der Waals surface area (Å²) in [6.45, 7) is 12.5. The van der Waals surface area contributed by atoms with Crippen molar-refractivity contribution in [3.63, 3.8) is 0 Å². The highest BCUT2D eigenvalue weighted by atomic mass is 16.5. The number of carbonyl (C=O) groups excluding carboxylic acids is 1. The minimum Gasteiger partial charge on any atom is -0.465 e. The summed E-state index contributed by atoms with van der Waals surface area (Å²) in [4.78, 5) is 12.0. The van der Waals surface area contributed by atoms with E-state index in [1.165, 1.54) is 18.2 Å². The Bertz CT molecular complexity index is 858. The molecule has 0 spiro atoms. The number of benzene rings is 2. The zero-order chi connectivity index (χ0) is 21.8. The summed E-state index contributed by atoms with van der Waals surface area (Å²) < 4.78 is 4.90. The van der Waals surface area contributed by atoms with E-state index < -0.39 is 5.60 Å². The van der Waals surface area contributed by atoms with Gasteiger partial charge in [-0.15, -0.1) is 0 Å². The lowest BCUT2D eigenvalue weighted by Gasteiger charge is -2.35. The van der Waals surface area contributed by atoms with Crippen LogP contribution in [0, 0.1) is 13.8 Å². The predicted octanol–water partition coefficient (Wildman–Crippen LogP) is 6.20. The van der Waals surface area contributed by atoms with Crippen LogP contribution in [0.4, 0.5) is 0 Å². The number of hydrogen-bond acceptors (Lipinski definition) is 3. The van der Waals surface area contributed by atoms with Gasteiger partial charge in [-0.2, -0.15) is 0 Å². The fourth-order valence-electron chi connectivity index (χ4n) is 4.65. The van der Waals surface area contributed by atoms with Gasteiger partial charge in [0.25, 0.3) is 0 Å². The molecule has 0 saturated carbocycles. The van der Waals surface area contributed by atoms with Gasteiger partial charge < -0.3 is 9.84 Å². The molecule has 29 heavy (non-hydrogen) atoms. The highest BCUT2D eigenvalue weighted by molar-refractivity contribution is 5.91. The van der Waals surface area contributed by atoms with Crippen molar-refractivity contribution in [3.05, 3.63) is 69.8 Å². The minimum absolute atomic E-state index is 0.140. The summed E-state index contributed by atoms with van der Waals surface area (Å²) in [6, 6.07) is 12.6. The molecular formula is C26H36O3. The van der Waals surface area contributed by atoms with Gasteiger partial charge in [0.1, 0.15) is 0 Å². The lowest BCUT2D eigenvalue weighted by Crippen LogP contribution is -2.28. The molecule has 158 valence electrons. The monoisotopic (exact) mass is 396 g/mol. The number of hydrogen-bond donors (Lipinski definition) is 1. The number of aliphatic hydroxyl groups is 1. The van der Waals surface area contributed by atoms with E-state index in [2.05, 4.69) is 51.1 Å². The second-order valence-corrected chi connectivity index (χ2v) is 8.08. The van der Waals surface area contributed by atoms with Crippen LogP contribution in [0.5, 0.6) is 0 Å². The molecule has 0 heterocycles. The van der Waals surface area contributed by atoms with Crippen molar-refractivity contribution >= 4 is 5.97 Å². The van der Waals surface area contributed by atoms with E-state index in [9.17, 15) is 9.90 Å². The zero-order valence-corrected chi connectivity index (χ0v) is 19.1. The van der Waals surface area contributed by atoms with E-state index in [1.807, 2.05) is 26.8 Å². The topological polar surface area (TPSA) is 46.5 Å². The maximum atomic E-state index is 12.0. The molecule has 2 rings (SSSR count). The fraction of sp³-hybridized carbons (Fsp3) is 0.500. The summed E-state index contributed by atoms with van der Waals surface area (Å²) in [5.74, 6) is -0.300. The van der Waals surface area contributed by atoms with Crippen molar-refractivity contribution in [2.24, 2.45) is 0 Å². The first-order valence-corrected chi connectivity index (χ1v) is 10.8. The first kappa shape index (κ1) is 23.2. The number of methoxy groups -OCH3 is 1. The number of aryl methyl sites for hydroxylation is 2. The normalized spacial score (nSPS) is 12.1. The number of ether oxygens (including phenoxy) is 1. The van der Waals surface area contributed by atoms with Crippen LogP contribution < -0.4 is 0 Å². The molecule has 3 nitrogen and oxygen atoms in total. The molecule has 0 aliphatic carbocycles.